The first-order valence-corrected chi connectivity index (χ1v) is 18.0. The van der Waals surface area contributed by atoms with Crippen molar-refractivity contribution in [1.29, 1.82) is 0 Å². The summed E-state index contributed by atoms with van der Waals surface area (Å²) < 4.78 is 8.87. The summed E-state index contributed by atoms with van der Waals surface area (Å²) in [6, 6.07) is 52.0. The molecule has 0 atom stereocenters. The van der Waals surface area contributed by atoms with E-state index in [1.54, 1.807) is 8.52 Å². The summed E-state index contributed by atoms with van der Waals surface area (Å²) >= 11 is 0.614. The molecular formula is C40H23NSe2. The van der Waals surface area contributed by atoms with Gasteiger partial charge in [0.1, 0.15) is 0 Å². The van der Waals surface area contributed by atoms with E-state index in [1.807, 2.05) is 0 Å². The van der Waals surface area contributed by atoms with Gasteiger partial charge in [0.2, 0.25) is 0 Å². The summed E-state index contributed by atoms with van der Waals surface area (Å²) in [6.07, 6.45) is 0. The number of hydrogen-bond acceptors (Lipinski definition) is 0. The molecule has 200 valence electrons. The van der Waals surface area contributed by atoms with Crippen LogP contribution in [-0.4, -0.2) is 33.6 Å². The molecule has 7 aromatic carbocycles. The topological polar surface area (TPSA) is 4.93 Å². The van der Waals surface area contributed by atoms with E-state index in [-0.39, 0.29) is 0 Å². The van der Waals surface area contributed by atoms with E-state index in [9.17, 15) is 0 Å². The Balaban J connectivity index is 1.44. The van der Waals surface area contributed by atoms with Crippen LogP contribution in [0.1, 0.15) is 0 Å². The van der Waals surface area contributed by atoms with Crippen LogP contribution in [0.5, 0.6) is 0 Å². The Morgan fingerprint density at radius 1 is 0.395 bits per heavy atom. The second kappa shape index (κ2) is 9.07. The zero-order chi connectivity index (χ0) is 28.1. The molecule has 0 aliphatic heterocycles. The van der Waals surface area contributed by atoms with Gasteiger partial charge in [-0.25, -0.2) is 0 Å². The van der Waals surface area contributed by atoms with Crippen molar-refractivity contribution in [3.05, 3.63) is 140 Å². The third-order valence-corrected chi connectivity index (χ3v) is 14.6. The molecule has 3 heteroatoms. The molecule has 0 unspecified atom stereocenters. The summed E-state index contributed by atoms with van der Waals surface area (Å²) in [4.78, 5) is 0. The van der Waals surface area contributed by atoms with Gasteiger partial charge in [-0.15, -0.1) is 0 Å². The van der Waals surface area contributed by atoms with Crippen molar-refractivity contribution in [3.63, 3.8) is 0 Å². The van der Waals surface area contributed by atoms with Gasteiger partial charge in [-0.2, -0.15) is 0 Å². The van der Waals surface area contributed by atoms with Gasteiger partial charge >= 0.3 is 255 Å². The normalized spacial score (nSPS) is 12.2. The standard InChI is InChI=1S/C40H23NSe2/c1-2-12-25-23-26(22-21-24(25)11-1)35-27-13-3-5-15-29(27)36(30-16-6-4-14-28(30)35)41-37-31-17-7-9-19-33(31)42-39(37)40-38(41)32-18-8-10-20-34(32)43-40/h1-23H. The molecule has 0 bridgehead atoms. The van der Waals surface area contributed by atoms with Crippen LogP contribution in [0.3, 0.4) is 0 Å². The number of fused-ring (bicyclic) bond motifs is 10. The third-order valence-electron chi connectivity index (χ3n) is 8.96. The van der Waals surface area contributed by atoms with Gasteiger partial charge in [0, 0.05) is 0 Å². The summed E-state index contributed by atoms with van der Waals surface area (Å²) in [5, 5.41) is 10.6. The van der Waals surface area contributed by atoms with Crippen LogP contribution in [0.25, 0.3) is 88.0 Å². The third kappa shape index (κ3) is 3.34. The Bertz CT molecular complexity index is 2590. The van der Waals surface area contributed by atoms with Gasteiger partial charge in [0.25, 0.3) is 0 Å². The predicted molar refractivity (Wildman–Crippen MR) is 188 cm³/mol. The molecule has 43 heavy (non-hydrogen) atoms. The molecule has 0 aliphatic carbocycles. The fraction of sp³-hybridized carbons (Fsp3) is 0. The molecule has 0 N–H and O–H groups in total. The van der Waals surface area contributed by atoms with Gasteiger partial charge in [-0.05, 0) is 0 Å². The van der Waals surface area contributed by atoms with Crippen LogP contribution >= 0.6 is 0 Å². The maximum absolute atomic E-state index is 2.68. The maximum atomic E-state index is 2.68. The first-order chi connectivity index (χ1) is 21.3. The van der Waals surface area contributed by atoms with E-state index in [4.69, 9.17) is 0 Å². The van der Waals surface area contributed by atoms with E-state index in [1.165, 1.54) is 79.5 Å². The molecular weight excluding hydrogens is 652 g/mol. The van der Waals surface area contributed by atoms with Crippen molar-refractivity contribution in [1.82, 2.24) is 4.57 Å². The van der Waals surface area contributed by atoms with Crippen molar-refractivity contribution in [2.45, 2.75) is 0 Å². The fourth-order valence-corrected chi connectivity index (χ4v) is 12.8. The second-order valence-corrected chi connectivity index (χ2v) is 15.7. The van der Waals surface area contributed by atoms with E-state index in [2.05, 4.69) is 144 Å². The number of aromatic nitrogens is 1. The van der Waals surface area contributed by atoms with Crippen LogP contribution in [-0.2, 0) is 0 Å². The SMILES string of the molecule is c1ccc2cc(-c3c4ccccc4c(-n4c5c6ccccc6[se]c5c5[se]c6ccccc6c54)c4ccccc34)ccc2c1. The zero-order valence-electron chi connectivity index (χ0n) is 23.0. The molecule has 0 radical (unpaired) electrons. The minimum absolute atomic E-state index is 0.307. The van der Waals surface area contributed by atoms with Crippen LogP contribution in [0.2, 0.25) is 0 Å². The Morgan fingerprint density at radius 2 is 0.860 bits per heavy atom. The van der Waals surface area contributed by atoms with Crippen LogP contribution < -0.4 is 0 Å². The Kier molecular flexibility index (Phi) is 5.09. The summed E-state index contributed by atoms with van der Waals surface area (Å²) in [7, 11) is 0. The van der Waals surface area contributed by atoms with Gasteiger partial charge in [-0.1, -0.05) is 6.07 Å². The molecule has 10 rings (SSSR count). The van der Waals surface area contributed by atoms with E-state index in [0.717, 1.165) is 0 Å². The molecule has 1 nitrogen and oxygen atoms in total. The summed E-state index contributed by atoms with van der Waals surface area (Å²) in [5.74, 6) is 0. The van der Waals surface area contributed by atoms with E-state index < -0.39 is 0 Å². The molecule has 0 saturated heterocycles. The van der Waals surface area contributed by atoms with Crippen molar-refractivity contribution in [2.24, 2.45) is 0 Å². The van der Waals surface area contributed by atoms with E-state index >= 15 is 0 Å². The van der Waals surface area contributed by atoms with Crippen molar-refractivity contribution in [3.8, 4) is 16.8 Å². The molecule has 0 amide bonds. The minimum atomic E-state index is 0.307. The monoisotopic (exact) mass is 677 g/mol. The number of benzene rings is 7. The summed E-state index contributed by atoms with van der Waals surface area (Å²) in [5.41, 5.74) is 6.74. The van der Waals surface area contributed by atoms with Crippen molar-refractivity contribution in [2.75, 3.05) is 0 Å². The second-order valence-electron chi connectivity index (χ2n) is 11.3. The molecule has 3 aromatic heterocycles. The van der Waals surface area contributed by atoms with Crippen molar-refractivity contribution < 1.29 is 0 Å². The van der Waals surface area contributed by atoms with Crippen LogP contribution in [0, 0.1) is 0 Å². The average Bonchev–Trinajstić information content (AvgIpc) is 3.72. The number of hydrogen-bond donors (Lipinski definition) is 0. The van der Waals surface area contributed by atoms with Gasteiger partial charge in [0.15, 0.2) is 0 Å². The van der Waals surface area contributed by atoms with Crippen molar-refractivity contribution >= 4 is 100 Å². The van der Waals surface area contributed by atoms with Crippen LogP contribution in [0.15, 0.2) is 140 Å². The number of rotatable bonds is 2. The molecule has 0 saturated carbocycles. The van der Waals surface area contributed by atoms with E-state index in [0.29, 0.717) is 29.0 Å². The average molecular weight is 676 g/mol. The first kappa shape index (κ1) is 24.1. The van der Waals surface area contributed by atoms with Gasteiger partial charge < -0.3 is 0 Å². The molecule has 0 fully saturated rings. The Labute approximate surface area is 259 Å². The predicted octanol–water partition coefficient (Wildman–Crippen LogP) is 10.3. The van der Waals surface area contributed by atoms with Gasteiger partial charge in [-0.3, -0.25) is 0 Å². The number of nitrogens with zero attached hydrogens (tertiary/aromatic N) is 1. The first-order valence-electron chi connectivity index (χ1n) is 14.6. The molecule has 10 aromatic rings. The van der Waals surface area contributed by atoms with Gasteiger partial charge in [0.05, 0.1) is 0 Å². The molecule has 3 heterocycles. The zero-order valence-corrected chi connectivity index (χ0v) is 26.5. The quantitative estimate of drug-likeness (QED) is 0.127. The molecule has 0 aliphatic rings. The summed E-state index contributed by atoms with van der Waals surface area (Å²) in [6.45, 7) is 0. The Hall–Kier alpha value is -4.36. The fourth-order valence-electron chi connectivity index (χ4n) is 7.15. The van der Waals surface area contributed by atoms with Crippen LogP contribution in [0.4, 0.5) is 0 Å². The molecule has 0 spiro atoms. The Morgan fingerprint density at radius 3 is 1.44 bits per heavy atom.